The van der Waals surface area contributed by atoms with Gasteiger partial charge in [0.15, 0.2) is 10.9 Å². The molecule has 6 heteroatoms. The van der Waals surface area contributed by atoms with Crippen molar-refractivity contribution in [3.05, 3.63) is 34.7 Å². The summed E-state index contributed by atoms with van der Waals surface area (Å²) in [4.78, 5) is 7.25. The predicted octanol–water partition coefficient (Wildman–Crippen LogP) is 4.11. The average molecular weight is 328 g/mol. The third kappa shape index (κ3) is 2.47. The van der Waals surface area contributed by atoms with Crippen LogP contribution in [0.15, 0.2) is 22.0 Å². The van der Waals surface area contributed by atoms with Crippen molar-refractivity contribution in [1.29, 1.82) is 0 Å². The normalized spacial score (nSPS) is 14.8. The molecule has 0 amide bonds. The van der Waals surface area contributed by atoms with E-state index in [1.165, 1.54) is 18.4 Å². The molecule has 0 bridgehead atoms. The van der Waals surface area contributed by atoms with E-state index in [9.17, 15) is 0 Å². The van der Waals surface area contributed by atoms with Gasteiger partial charge in [0.2, 0.25) is 0 Å². The molecule has 23 heavy (non-hydrogen) atoms. The zero-order valence-electron chi connectivity index (χ0n) is 13.7. The Morgan fingerprint density at radius 3 is 2.61 bits per heavy atom. The fourth-order valence-electron chi connectivity index (χ4n) is 3.27. The highest BCUT2D eigenvalue weighted by Crippen LogP contribution is 2.33. The lowest BCUT2D eigenvalue weighted by molar-refractivity contribution is 0.394. The van der Waals surface area contributed by atoms with Gasteiger partial charge >= 0.3 is 0 Å². The number of anilines is 1. The lowest BCUT2D eigenvalue weighted by Gasteiger charge is -2.12. The minimum absolute atomic E-state index is 0.819. The second kappa shape index (κ2) is 5.53. The molecule has 3 aromatic rings. The molecule has 1 aliphatic rings. The Hall–Kier alpha value is -2.08. The Bertz CT molecular complexity index is 839. The van der Waals surface area contributed by atoms with Gasteiger partial charge in [-0.15, -0.1) is 11.3 Å². The zero-order valence-corrected chi connectivity index (χ0v) is 14.5. The first kappa shape index (κ1) is 14.5. The quantitative estimate of drug-likeness (QED) is 0.726. The van der Waals surface area contributed by atoms with Crippen LogP contribution in [0.4, 0.5) is 5.13 Å². The molecule has 0 N–H and O–H groups in total. The van der Waals surface area contributed by atoms with Crippen LogP contribution in [0.2, 0.25) is 0 Å². The van der Waals surface area contributed by atoms with Crippen LogP contribution in [0.25, 0.3) is 17.1 Å². The van der Waals surface area contributed by atoms with Crippen molar-refractivity contribution < 1.29 is 4.52 Å². The second-order valence-electron chi connectivity index (χ2n) is 6.13. The van der Waals surface area contributed by atoms with Crippen molar-refractivity contribution in [2.24, 2.45) is 0 Å². The summed E-state index contributed by atoms with van der Waals surface area (Å²) in [6.07, 6.45) is 2.55. The maximum atomic E-state index is 5.22. The molecule has 120 valence electrons. The minimum Gasteiger partial charge on any atom is -0.360 e. The lowest BCUT2D eigenvalue weighted by atomic mass is 10.2. The highest BCUT2D eigenvalue weighted by molar-refractivity contribution is 7.14. The topological polar surface area (TPSA) is 47.1 Å². The molecule has 0 spiro atoms. The first-order valence-electron chi connectivity index (χ1n) is 7.97. The molecule has 1 saturated heterocycles. The summed E-state index contributed by atoms with van der Waals surface area (Å²) in [6.45, 7) is 8.37. The standard InChI is InChI=1S/C17H20N4OS/c1-11-8-14(13(3)21(11)16-9-12(2)22-19-16)15-10-23-17(18-15)20-6-4-5-7-20/h8-10H,4-7H2,1-3H3. The van der Waals surface area contributed by atoms with Crippen molar-refractivity contribution >= 4 is 16.5 Å². The summed E-state index contributed by atoms with van der Waals surface area (Å²) in [5, 5.41) is 7.44. The molecular weight excluding hydrogens is 308 g/mol. The summed E-state index contributed by atoms with van der Waals surface area (Å²) < 4.78 is 7.35. The predicted molar refractivity (Wildman–Crippen MR) is 92.6 cm³/mol. The smallest absolute Gasteiger partial charge is 0.185 e. The van der Waals surface area contributed by atoms with Gasteiger partial charge in [-0.1, -0.05) is 5.16 Å². The van der Waals surface area contributed by atoms with E-state index in [1.807, 2.05) is 13.0 Å². The van der Waals surface area contributed by atoms with Gasteiger partial charge in [-0.3, -0.25) is 4.57 Å². The highest BCUT2D eigenvalue weighted by atomic mass is 32.1. The van der Waals surface area contributed by atoms with Gasteiger partial charge in [-0.25, -0.2) is 4.98 Å². The Morgan fingerprint density at radius 2 is 1.91 bits per heavy atom. The number of thiazole rings is 1. The van der Waals surface area contributed by atoms with E-state index in [2.05, 4.69) is 39.9 Å². The minimum atomic E-state index is 0.819. The third-order valence-electron chi connectivity index (χ3n) is 4.42. The summed E-state index contributed by atoms with van der Waals surface area (Å²) >= 11 is 1.74. The van der Waals surface area contributed by atoms with E-state index in [0.717, 1.165) is 46.9 Å². The first-order valence-corrected chi connectivity index (χ1v) is 8.85. The van der Waals surface area contributed by atoms with Crippen molar-refractivity contribution in [1.82, 2.24) is 14.7 Å². The van der Waals surface area contributed by atoms with Gasteiger partial charge in [0.05, 0.1) is 5.69 Å². The van der Waals surface area contributed by atoms with Crippen LogP contribution in [0.1, 0.15) is 30.0 Å². The van der Waals surface area contributed by atoms with Crippen molar-refractivity contribution in [2.75, 3.05) is 18.0 Å². The van der Waals surface area contributed by atoms with Crippen LogP contribution in [-0.4, -0.2) is 27.8 Å². The summed E-state index contributed by atoms with van der Waals surface area (Å²) in [6, 6.07) is 4.14. The number of aromatic nitrogens is 3. The van der Waals surface area contributed by atoms with E-state index >= 15 is 0 Å². The Balaban J connectivity index is 1.72. The van der Waals surface area contributed by atoms with E-state index in [-0.39, 0.29) is 0 Å². The maximum Gasteiger partial charge on any atom is 0.185 e. The van der Waals surface area contributed by atoms with Gasteiger partial charge < -0.3 is 9.42 Å². The summed E-state index contributed by atoms with van der Waals surface area (Å²) in [5.41, 5.74) is 4.51. The lowest BCUT2D eigenvalue weighted by Crippen LogP contribution is -2.17. The van der Waals surface area contributed by atoms with Gasteiger partial charge in [0, 0.05) is 41.5 Å². The number of rotatable bonds is 3. The monoisotopic (exact) mass is 328 g/mol. The van der Waals surface area contributed by atoms with Crippen LogP contribution < -0.4 is 4.90 Å². The maximum absolute atomic E-state index is 5.22. The zero-order chi connectivity index (χ0) is 16.0. The average Bonchev–Trinajstić information content (AvgIpc) is 3.26. The van der Waals surface area contributed by atoms with Gasteiger partial charge in [0.1, 0.15) is 5.76 Å². The number of hydrogen-bond acceptors (Lipinski definition) is 5. The Labute approximate surface area is 139 Å². The summed E-state index contributed by atoms with van der Waals surface area (Å²) in [5.74, 6) is 1.65. The molecule has 0 unspecified atom stereocenters. The SMILES string of the molecule is Cc1cc(-n2c(C)cc(-c3csc(N4CCCC4)n3)c2C)no1. The van der Waals surface area contributed by atoms with Crippen molar-refractivity contribution in [3.8, 4) is 17.1 Å². The Kier molecular flexibility index (Phi) is 3.49. The van der Waals surface area contributed by atoms with Crippen LogP contribution in [-0.2, 0) is 0 Å². The molecule has 0 saturated carbocycles. The molecule has 4 rings (SSSR count). The number of aryl methyl sites for hydroxylation is 2. The van der Waals surface area contributed by atoms with Gasteiger partial charge in [-0.05, 0) is 39.7 Å². The first-order chi connectivity index (χ1) is 11.1. The molecule has 1 fully saturated rings. The van der Waals surface area contributed by atoms with E-state index in [0.29, 0.717) is 0 Å². The molecule has 0 radical (unpaired) electrons. The van der Waals surface area contributed by atoms with Crippen LogP contribution in [0, 0.1) is 20.8 Å². The molecule has 1 aliphatic heterocycles. The van der Waals surface area contributed by atoms with Gasteiger partial charge in [-0.2, -0.15) is 0 Å². The molecule has 0 atom stereocenters. The Morgan fingerprint density at radius 1 is 1.13 bits per heavy atom. The third-order valence-corrected chi connectivity index (χ3v) is 5.32. The fourth-order valence-corrected chi connectivity index (χ4v) is 4.15. The van der Waals surface area contributed by atoms with E-state index < -0.39 is 0 Å². The van der Waals surface area contributed by atoms with E-state index in [4.69, 9.17) is 9.51 Å². The molecular formula is C17H20N4OS. The largest absolute Gasteiger partial charge is 0.360 e. The van der Waals surface area contributed by atoms with Crippen molar-refractivity contribution in [3.63, 3.8) is 0 Å². The molecule has 5 nitrogen and oxygen atoms in total. The second-order valence-corrected chi connectivity index (χ2v) is 6.96. The van der Waals surface area contributed by atoms with Crippen LogP contribution in [0.5, 0.6) is 0 Å². The number of hydrogen-bond donors (Lipinski definition) is 0. The van der Waals surface area contributed by atoms with Gasteiger partial charge in [0.25, 0.3) is 0 Å². The molecule has 4 heterocycles. The molecule has 3 aromatic heterocycles. The van der Waals surface area contributed by atoms with Crippen LogP contribution >= 0.6 is 11.3 Å². The fraction of sp³-hybridized carbons (Fsp3) is 0.412. The van der Waals surface area contributed by atoms with Crippen molar-refractivity contribution in [2.45, 2.75) is 33.6 Å². The number of nitrogens with zero attached hydrogens (tertiary/aromatic N) is 4. The van der Waals surface area contributed by atoms with Crippen LogP contribution in [0.3, 0.4) is 0 Å². The van der Waals surface area contributed by atoms with E-state index in [1.54, 1.807) is 11.3 Å². The highest BCUT2D eigenvalue weighted by Gasteiger charge is 2.19. The molecule has 0 aromatic carbocycles. The summed E-state index contributed by atoms with van der Waals surface area (Å²) in [7, 11) is 0. The molecule has 0 aliphatic carbocycles.